The number of carboxylic acid groups (broad SMARTS) is 1. The molecule has 1 saturated heterocycles. The Kier molecular flexibility index (Phi) is 3.71. The maximum Gasteiger partial charge on any atom is 0.376 e. The van der Waals surface area contributed by atoms with Crippen molar-refractivity contribution in [2.75, 3.05) is 32.7 Å². The average molecular weight is 186 g/mol. The Hall–Kier alpha value is -0.585. The highest BCUT2D eigenvalue weighted by Crippen LogP contribution is 2.01. The van der Waals surface area contributed by atoms with Crippen LogP contribution in [0.25, 0.3) is 0 Å². The number of hydrogen-bond donors (Lipinski definition) is 2. The van der Waals surface area contributed by atoms with E-state index in [-0.39, 0.29) is 6.54 Å². The van der Waals surface area contributed by atoms with Crippen molar-refractivity contribution in [1.82, 2.24) is 9.71 Å². The zero-order chi connectivity index (χ0) is 9.84. The van der Waals surface area contributed by atoms with Crippen molar-refractivity contribution in [2.45, 2.75) is 6.82 Å². The molecule has 0 amide bonds. The van der Waals surface area contributed by atoms with Crippen LogP contribution < -0.4 is 0 Å². The van der Waals surface area contributed by atoms with E-state index in [1.807, 2.05) is 9.71 Å². The van der Waals surface area contributed by atoms with E-state index < -0.39 is 13.0 Å². The van der Waals surface area contributed by atoms with Gasteiger partial charge in [0.2, 0.25) is 0 Å². The van der Waals surface area contributed by atoms with E-state index in [4.69, 9.17) is 5.11 Å². The summed E-state index contributed by atoms with van der Waals surface area (Å²) in [7, 11) is -0.424. The molecule has 1 aliphatic rings. The van der Waals surface area contributed by atoms with Gasteiger partial charge in [-0.2, -0.15) is 0 Å². The first-order valence-corrected chi connectivity index (χ1v) is 4.46. The summed E-state index contributed by atoms with van der Waals surface area (Å²) < 4.78 is 0. The van der Waals surface area contributed by atoms with E-state index >= 15 is 0 Å². The van der Waals surface area contributed by atoms with Crippen LogP contribution >= 0.6 is 0 Å². The monoisotopic (exact) mass is 186 g/mol. The molecule has 0 bridgehead atoms. The minimum Gasteiger partial charge on any atom is -0.480 e. The normalized spacial score (nSPS) is 20.2. The van der Waals surface area contributed by atoms with Crippen molar-refractivity contribution in [2.24, 2.45) is 0 Å². The molecule has 0 unspecified atom stereocenters. The highest BCUT2D eigenvalue weighted by atomic mass is 16.4. The van der Waals surface area contributed by atoms with Gasteiger partial charge in [0.05, 0.1) is 6.54 Å². The molecule has 0 saturated carbocycles. The smallest absolute Gasteiger partial charge is 0.376 e. The molecule has 0 spiro atoms. The molecule has 13 heavy (non-hydrogen) atoms. The van der Waals surface area contributed by atoms with E-state index in [0.29, 0.717) is 0 Å². The Morgan fingerprint density at radius 2 is 1.92 bits per heavy atom. The molecule has 0 aromatic carbocycles. The molecule has 0 radical (unpaired) electrons. The second kappa shape index (κ2) is 4.60. The van der Waals surface area contributed by atoms with Crippen LogP contribution in [0.2, 0.25) is 6.82 Å². The summed E-state index contributed by atoms with van der Waals surface area (Å²) in [6, 6.07) is 0. The maximum atomic E-state index is 10.4. The van der Waals surface area contributed by atoms with E-state index in [2.05, 4.69) is 0 Å². The third-order valence-electron chi connectivity index (χ3n) is 2.29. The molecule has 0 aromatic rings. The van der Waals surface area contributed by atoms with Crippen LogP contribution in [0.3, 0.4) is 0 Å². The quantitative estimate of drug-likeness (QED) is 0.542. The number of carbonyl (C=O) groups is 1. The summed E-state index contributed by atoms with van der Waals surface area (Å²) in [6.07, 6.45) is 0. The van der Waals surface area contributed by atoms with Gasteiger partial charge in [-0.05, 0) is 6.82 Å². The Morgan fingerprint density at radius 3 is 2.31 bits per heavy atom. The van der Waals surface area contributed by atoms with Gasteiger partial charge in [0.1, 0.15) is 0 Å². The van der Waals surface area contributed by atoms with Crippen molar-refractivity contribution in [3.8, 4) is 0 Å². The maximum absolute atomic E-state index is 10.4. The van der Waals surface area contributed by atoms with Gasteiger partial charge in [-0.1, -0.05) is 0 Å². The first-order valence-electron chi connectivity index (χ1n) is 4.46. The second-order valence-electron chi connectivity index (χ2n) is 3.34. The predicted octanol–water partition coefficient (Wildman–Crippen LogP) is -1.20. The molecule has 1 rings (SSSR count). The van der Waals surface area contributed by atoms with Crippen molar-refractivity contribution < 1.29 is 14.9 Å². The summed E-state index contributed by atoms with van der Waals surface area (Å²) in [6.45, 7) is 4.75. The predicted molar refractivity (Wildman–Crippen MR) is 49.5 cm³/mol. The minimum absolute atomic E-state index is 0.105. The Bertz CT molecular complexity index is 181. The summed E-state index contributed by atoms with van der Waals surface area (Å²) in [4.78, 5) is 14.2. The van der Waals surface area contributed by atoms with Gasteiger partial charge in [-0.3, -0.25) is 9.69 Å². The topological polar surface area (TPSA) is 64.0 Å². The van der Waals surface area contributed by atoms with Crippen LogP contribution in [0, 0.1) is 0 Å². The number of hydrogen-bond acceptors (Lipinski definition) is 4. The molecule has 0 aliphatic carbocycles. The van der Waals surface area contributed by atoms with Crippen LogP contribution in [-0.2, 0) is 4.79 Å². The molecular formula is C7H15BN2O3. The molecule has 5 nitrogen and oxygen atoms in total. The standard InChI is InChI=1S/C7H15BN2O3/c1-8(13)10-4-2-9(3-5-10)6-7(11)12/h13H,2-6H2,1H3,(H,11,12). The average Bonchev–Trinajstić information content (AvgIpc) is 2.04. The van der Waals surface area contributed by atoms with Gasteiger partial charge in [0, 0.05) is 26.2 Å². The fourth-order valence-electron chi connectivity index (χ4n) is 1.49. The molecule has 74 valence electrons. The molecule has 0 aromatic heterocycles. The van der Waals surface area contributed by atoms with E-state index in [1.165, 1.54) is 0 Å². The summed E-state index contributed by atoms with van der Waals surface area (Å²) >= 11 is 0. The van der Waals surface area contributed by atoms with Gasteiger partial charge < -0.3 is 14.9 Å². The SMILES string of the molecule is CB(O)N1CCN(CC(=O)O)CC1. The minimum atomic E-state index is -0.787. The highest BCUT2D eigenvalue weighted by molar-refractivity contribution is 6.45. The number of nitrogens with zero attached hydrogens (tertiary/aromatic N) is 2. The third kappa shape index (κ3) is 3.34. The van der Waals surface area contributed by atoms with Gasteiger partial charge in [0.15, 0.2) is 0 Å². The lowest BCUT2D eigenvalue weighted by atomic mass is 9.84. The lowest BCUT2D eigenvalue weighted by molar-refractivity contribution is -0.138. The Balaban J connectivity index is 2.26. The fraction of sp³-hybridized carbons (Fsp3) is 0.857. The summed E-state index contributed by atoms with van der Waals surface area (Å²) in [5.74, 6) is -0.787. The Labute approximate surface area is 78.1 Å². The van der Waals surface area contributed by atoms with Crippen LogP contribution in [0.15, 0.2) is 0 Å². The van der Waals surface area contributed by atoms with Gasteiger partial charge >= 0.3 is 13.0 Å². The van der Waals surface area contributed by atoms with Gasteiger partial charge in [-0.25, -0.2) is 0 Å². The van der Waals surface area contributed by atoms with Crippen LogP contribution in [-0.4, -0.2) is 65.6 Å². The van der Waals surface area contributed by atoms with Crippen LogP contribution in [0.5, 0.6) is 0 Å². The third-order valence-corrected chi connectivity index (χ3v) is 2.29. The lowest BCUT2D eigenvalue weighted by Gasteiger charge is -2.34. The largest absolute Gasteiger partial charge is 0.480 e. The zero-order valence-corrected chi connectivity index (χ0v) is 7.81. The molecule has 1 fully saturated rings. The highest BCUT2D eigenvalue weighted by Gasteiger charge is 2.22. The molecular weight excluding hydrogens is 171 g/mol. The van der Waals surface area contributed by atoms with Crippen molar-refractivity contribution >= 4 is 13.0 Å². The zero-order valence-electron chi connectivity index (χ0n) is 7.81. The molecule has 0 atom stereocenters. The van der Waals surface area contributed by atoms with Crippen LogP contribution in [0.1, 0.15) is 0 Å². The van der Waals surface area contributed by atoms with Crippen LogP contribution in [0.4, 0.5) is 0 Å². The first-order chi connectivity index (χ1) is 6.09. The Morgan fingerprint density at radius 1 is 1.38 bits per heavy atom. The number of rotatable bonds is 3. The first kappa shape index (κ1) is 10.5. The van der Waals surface area contributed by atoms with E-state index in [0.717, 1.165) is 26.2 Å². The molecule has 1 heterocycles. The lowest BCUT2D eigenvalue weighted by Crippen LogP contribution is -2.52. The van der Waals surface area contributed by atoms with E-state index in [1.54, 1.807) is 6.82 Å². The van der Waals surface area contributed by atoms with Crippen molar-refractivity contribution in [3.63, 3.8) is 0 Å². The number of aliphatic carboxylic acids is 1. The summed E-state index contributed by atoms with van der Waals surface area (Å²) in [5.41, 5.74) is 0. The fourth-order valence-corrected chi connectivity index (χ4v) is 1.49. The molecule has 2 N–H and O–H groups in total. The van der Waals surface area contributed by atoms with Crippen molar-refractivity contribution in [3.05, 3.63) is 0 Å². The number of piperazine rings is 1. The summed E-state index contributed by atoms with van der Waals surface area (Å²) in [5, 5.41) is 17.8. The van der Waals surface area contributed by atoms with Crippen molar-refractivity contribution in [1.29, 1.82) is 0 Å². The van der Waals surface area contributed by atoms with Gasteiger partial charge in [-0.15, -0.1) is 0 Å². The van der Waals surface area contributed by atoms with Gasteiger partial charge in [0.25, 0.3) is 0 Å². The number of carboxylic acids is 1. The van der Waals surface area contributed by atoms with E-state index in [9.17, 15) is 9.82 Å². The molecule has 6 heteroatoms. The molecule has 1 aliphatic heterocycles. The second-order valence-corrected chi connectivity index (χ2v) is 3.34.